The van der Waals surface area contributed by atoms with E-state index in [0.29, 0.717) is 6.42 Å². The van der Waals surface area contributed by atoms with Gasteiger partial charge >= 0.3 is 0 Å². The van der Waals surface area contributed by atoms with Crippen LogP contribution in [0.4, 0.5) is 0 Å². The van der Waals surface area contributed by atoms with E-state index in [-0.39, 0.29) is 6.61 Å². The first kappa shape index (κ1) is 35.8. The van der Waals surface area contributed by atoms with Crippen molar-refractivity contribution in [2.45, 2.75) is 138 Å². The van der Waals surface area contributed by atoms with Gasteiger partial charge in [-0.1, -0.05) is 39.0 Å². The molecule has 16 nitrogen and oxygen atoms in total. The summed E-state index contributed by atoms with van der Waals surface area (Å²) in [6, 6.07) is 0. The van der Waals surface area contributed by atoms with Gasteiger partial charge in [0.25, 0.3) is 0 Å². The molecule has 3 fully saturated rings. The van der Waals surface area contributed by atoms with Gasteiger partial charge in [0.05, 0.1) is 19.8 Å². The zero-order chi connectivity index (χ0) is 31.0. The minimum Gasteiger partial charge on any atom is -0.394 e. The molecule has 3 rings (SSSR count). The molecule has 3 heterocycles. The Hall–Kier alpha value is -0.640. The average Bonchev–Trinajstić information content (AvgIpc) is 2.98. The van der Waals surface area contributed by atoms with Gasteiger partial charge in [0.15, 0.2) is 18.9 Å². The predicted octanol–water partition coefficient (Wildman–Crippen LogP) is -4.19. The number of hydrogen-bond donors (Lipinski definition) is 10. The van der Waals surface area contributed by atoms with Crippen molar-refractivity contribution in [3.8, 4) is 0 Å². The van der Waals surface area contributed by atoms with Crippen LogP contribution in [0.15, 0.2) is 0 Å². The molecule has 15 unspecified atom stereocenters. The van der Waals surface area contributed by atoms with Crippen LogP contribution in [-0.4, -0.2) is 170 Å². The summed E-state index contributed by atoms with van der Waals surface area (Å²) in [7, 11) is 0. The van der Waals surface area contributed by atoms with Crippen LogP contribution in [-0.2, 0) is 28.4 Å². The lowest BCUT2D eigenvalue weighted by Gasteiger charge is -2.46. The second kappa shape index (κ2) is 17.2. The Labute approximate surface area is 243 Å². The Bertz CT molecular complexity index is 760. The Morgan fingerprint density at radius 1 is 0.500 bits per heavy atom. The summed E-state index contributed by atoms with van der Waals surface area (Å²) in [6.45, 7) is 0.394. The van der Waals surface area contributed by atoms with Crippen molar-refractivity contribution in [3.63, 3.8) is 0 Å². The number of hydrogen-bond acceptors (Lipinski definition) is 16. The van der Waals surface area contributed by atoms with Crippen LogP contribution < -0.4 is 0 Å². The first-order valence-corrected chi connectivity index (χ1v) is 14.6. The molecule has 3 saturated heterocycles. The number of ether oxygens (including phenoxy) is 6. The van der Waals surface area contributed by atoms with Crippen LogP contribution in [0.25, 0.3) is 0 Å². The van der Waals surface area contributed by atoms with Crippen LogP contribution in [0.1, 0.15) is 45.4 Å². The zero-order valence-corrected chi connectivity index (χ0v) is 23.7. The standard InChI is InChI=1S/C26H48O16/c1-2-3-4-5-6-7-8-37-25-22(36)23(42-26-21(35)19(33)16(30)13(10-28)40-26)17(31)14(41-25)11-38-24-20(34)18(32)15(29)12(9-27)39-24/h12-36H,2-11H2,1H3. The molecule has 10 N–H and O–H groups in total. The molecule has 0 bridgehead atoms. The van der Waals surface area contributed by atoms with Crippen molar-refractivity contribution in [2.24, 2.45) is 0 Å². The van der Waals surface area contributed by atoms with E-state index in [0.717, 1.165) is 32.1 Å². The Morgan fingerprint density at radius 2 is 1.00 bits per heavy atom. The Kier molecular flexibility index (Phi) is 14.6. The fourth-order valence-corrected chi connectivity index (χ4v) is 5.15. The van der Waals surface area contributed by atoms with E-state index >= 15 is 0 Å². The smallest absolute Gasteiger partial charge is 0.187 e. The van der Waals surface area contributed by atoms with E-state index < -0.39 is 112 Å². The van der Waals surface area contributed by atoms with E-state index in [4.69, 9.17) is 28.4 Å². The second-order valence-corrected chi connectivity index (χ2v) is 11.0. The molecule has 0 aromatic carbocycles. The molecule has 0 spiro atoms. The van der Waals surface area contributed by atoms with Crippen LogP contribution in [0, 0.1) is 0 Å². The molecule has 0 saturated carbocycles. The zero-order valence-electron chi connectivity index (χ0n) is 23.7. The fourth-order valence-electron chi connectivity index (χ4n) is 5.15. The van der Waals surface area contributed by atoms with Crippen LogP contribution in [0.3, 0.4) is 0 Å². The SMILES string of the molecule is CCCCCCCCOC1OC(COC2OC(CO)C(O)C(O)C2O)C(O)C(OC2OC(CO)C(O)C(O)C2O)C1O. The predicted molar refractivity (Wildman–Crippen MR) is 138 cm³/mol. The van der Waals surface area contributed by atoms with Crippen LogP contribution >= 0.6 is 0 Å². The molecule has 0 aromatic rings. The maximum absolute atomic E-state index is 11.1. The van der Waals surface area contributed by atoms with E-state index in [9.17, 15) is 51.1 Å². The Balaban J connectivity index is 1.69. The van der Waals surface area contributed by atoms with E-state index in [1.807, 2.05) is 0 Å². The largest absolute Gasteiger partial charge is 0.394 e. The molecule has 16 heteroatoms. The van der Waals surface area contributed by atoms with Gasteiger partial charge in [-0.2, -0.15) is 0 Å². The number of aliphatic hydroxyl groups excluding tert-OH is 10. The van der Waals surface area contributed by atoms with Gasteiger partial charge < -0.3 is 79.5 Å². The number of rotatable bonds is 15. The third-order valence-corrected chi connectivity index (χ3v) is 7.83. The van der Waals surface area contributed by atoms with E-state index in [1.165, 1.54) is 0 Å². The van der Waals surface area contributed by atoms with Gasteiger partial charge in [0.1, 0.15) is 73.2 Å². The van der Waals surface area contributed by atoms with Gasteiger partial charge in [-0.3, -0.25) is 0 Å². The van der Waals surface area contributed by atoms with Gasteiger partial charge in [0, 0.05) is 6.61 Å². The minimum atomic E-state index is -1.81. The topological polar surface area (TPSA) is 258 Å². The van der Waals surface area contributed by atoms with E-state index in [1.54, 1.807) is 0 Å². The van der Waals surface area contributed by atoms with Gasteiger partial charge in [-0.25, -0.2) is 0 Å². The minimum absolute atomic E-state index is 0.191. The van der Waals surface area contributed by atoms with Crippen molar-refractivity contribution in [1.29, 1.82) is 0 Å². The summed E-state index contributed by atoms with van der Waals surface area (Å²) in [4.78, 5) is 0. The first-order valence-electron chi connectivity index (χ1n) is 14.6. The third kappa shape index (κ3) is 8.75. The van der Waals surface area contributed by atoms with E-state index in [2.05, 4.69) is 6.92 Å². The molecule has 0 amide bonds. The molecule has 0 radical (unpaired) electrons. The maximum Gasteiger partial charge on any atom is 0.187 e. The van der Waals surface area contributed by atoms with Crippen LogP contribution in [0.5, 0.6) is 0 Å². The highest BCUT2D eigenvalue weighted by molar-refractivity contribution is 4.95. The van der Waals surface area contributed by atoms with Crippen molar-refractivity contribution in [1.82, 2.24) is 0 Å². The molecule has 15 atom stereocenters. The molecule has 3 aliphatic rings. The second-order valence-electron chi connectivity index (χ2n) is 11.0. The summed E-state index contributed by atoms with van der Waals surface area (Å²) in [5, 5.41) is 102. The molecule has 0 aliphatic carbocycles. The fraction of sp³-hybridized carbons (Fsp3) is 1.00. The number of unbranched alkanes of at least 4 members (excludes halogenated alkanes) is 5. The summed E-state index contributed by atoms with van der Waals surface area (Å²) in [6.07, 6.45) is -17.7. The first-order chi connectivity index (χ1) is 20.0. The summed E-state index contributed by atoms with van der Waals surface area (Å²) in [5.41, 5.74) is 0. The highest BCUT2D eigenvalue weighted by Gasteiger charge is 2.52. The van der Waals surface area contributed by atoms with Crippen molar-refractivity contribution in [2.75, 3.05) is 26.4 Å². The van der Waals surface area contributed by atoms with Crippen molar-refractivity contribution >= 4 is 0 Å². The van der Waals surface area contributed by atoms with Gasteiger partial charge in [-0.15, -0.1) is 0 Å². The van der Waals surface area contributed by atoms with Crippen LogP contribution in [0.2, 0.25) is 0 Å². The van der Waals surface area contributed by atoms with Gasteiger partial charge in [0.2, 0.25) is 0 Å². The lowest BCUT2D eigenvalue weighted by Crippen LogP contribution is -2.65. The summed E-state index contributed by atoms with van der Waals surface area (Å²) < 4.78 is 33.4. The normalized spacial score (nSPS) is 44.8. The third-order valence-electron chi connectivity index (χ3n) is 7.83. The summed E-state index contributed by atoms with van der Waals surface area (Å²) in [5.74, 6) is 0. The lowest BCUT2D eigenvalue weighted by molar-refractivity contribution is -0.366. The molecule has 0 aromatic heterocycles. The molecule has 248 valence electrons. The summed E-state index contributed by atoms with van der Waals surface area (Å²) >= 11 is 0. The van der Waals surface area contributed by atoms with Crippen molar-refractivity contribution in [3.05, 3.63) is 0 Å². The Morgan fingerprint density at radius 3 is 1.60 bits per heavy atom. The molecular weight excluding hydrogens is 568 g/mol. The monoisotopic (exact) mass is 616 g/mol. The molecule has 42 heavy (non-hydrogen) atoms. The quantitative estimate of drug-likeness (QED) is 0.0783. The molecular formula is C26H48O16. The molecule has 3 aliphatic heterocycles. The average molecular weight is 617 g/mol. The highest BCUT2D eigenvalue weighted by Crippen LogP contribution is 2.31. The van der Waals surface area contributed by atoms with Crippen molar-refractivity contribution < 1.29 is 79.5 Å². The number of aliphatic hydroxyl groups is 10. The van der Waals surface area contributed by atoms with Gasteiger partial charge in [-0.05, 0) is 6.42 Å². The highest BCUT2D eigenvalue weighted by atomic mass is 16.7. The lowest BCUT2D eigenvalue weighted by atomic mass is 9.96. The maximum atomic E-state index is 11.1.